The molecule has 10 heteroatoms. The first-order chi connectivity index (χ1) is 8.99. The van der Waals surface area contributed by atoms with E-state index in [0.717, 1.165) is 11.8 Å². The van der Waals surface area contributed by atoms with Crippen molar-refractivity contribution in [2.75, 3.05) is 0 Å². The third-order valence-electron chi connectivity index (χ3n) is 2.07. The van der Waals surface area contributed by atoms with Crippen molar-refractivity contribution in [3.05, 3.63) is 49.5 Å². The Labute approximate surface area is 115 Å². The first-order valence-electron chi connectivity index (χ1n) is 4.79. The first kappa shape index (κ1) is 13.3. The van der Waals surface area contributed by atoms with E-state index in [9.17, 15) is 20.2 Å². The predicted molar refractivity (Wildman–Crippen MR) is 67.5 cm³/mol. The van der Waals surface area contributed by atoms with Gasteiger partial charge >= 0.3 is 11.6 Å². The third kappa shape index (κ3) is 2.83. The molecule has 8 nitrogen and oxygen atoms in total. The maximum atomic E-state index is 10.8. The molecule has 0 aliphatic heterocycles. The fourth-order valence-electron chi connectivity index (χ4n) is 1.28. The van der Waals surface area contributed by atoms with Gasteiger partial charge in [-0.1, -0.05) is 23.4 Å². The summed E-state index contributed by atoms with van der Waals surface area (Å²) in [6.07, 6.45) is 0. The Kier molecular flexibility index (Phi) is 3.67. The molecule has 1 N–H and O–H groups in total. The second-order valence-corrected chi connectivity index (χ2v) is 4.82. The Morgan fingerprint density at radius 1 is 1.16 bits per heavy atom. The summed E-state index contributed by atoms with van der Waals surface area (Å²) in [6, 6.07) is 6.38. The lowest BCUT2D eigenvalue weighted by atomic mass is 10.4. The van der Waals surface area contributed by atoms with Gasteiger partial charge < -0.3 is 20.2 Å². The van der Waals surface area contributed by atoms with Gasteiger partial charge in [0.1, 0.15) is 5.10 Å². The van der Waals surface area contributed by atoms with Gasteiger partial charge in [0, 0.05) is 9.92 Å². The van der Waals surface area contributed by atoms with Gasteiger partial charge in [-0.15, -0.1) is 0 Å². The van der Waals surface area contributed by atoms with Crippen molar-refractivity contribution in [1.29, 1.82) is 0 Å². The van der Waals surface area contributed by atoms with Crippen molar-refractivity contribution in [3.8, 4) is 0 Å². The highest BCUT2D eigenvalue weighted by molar-refractivity contribution is 7.99. The van der Waals surface area contributed by atoms with E-state index in [4.69, 9.17) is 11.6 Å². The number of rotatable bonds is 4. The highest BCUT2D eigenvalue weighted by atomic mass is 35.5. The number of nitrogens with one attached hydrogen (secondary N) is 1. The van der Waals surface area contributed by atoms with Crippen LogP contribution in [0.4, 0.5) is 11.6 Å². The molecule has 0 fully saturated rings. The molecule has 19 heavy (non-hydrogen) atoms. The molecule has 98 valence electrons. The summed E-state index contributed by atoms with van der Waals surface area (Å²) in [5.41, 5.74) is 0. The largest absolute Gasteiger partial charge is 0.434 e. The van der Waals surface area contributed by atoms with Gasteiger partial charge in [-0.2, -0.15) is 0 Å². The van der Waals surface area contributed by atoms with Crippen molar-refractivity contribution in [3.63, 3.8) is 0 Å². The van der Waals surface area contributed by atoms with Gasteiger partial charge in [-0.25, -0.2) is 0 Å². The summed E-state index contributed by atoms with van der Waals surface area (Å²) in [4.78, 5) is 20.5. The van der Waals surface area contributed by atoms with Crippen LogP contribution in [0.5, 0.6) is 0 Å². The maximum Gasteiger partial charge on any atom is 0.434 e. The standard InChI is InChI=1S/C9H5ClN4O4S/c10-5-1-3-6(4-2-5)19-7-8(13(15)16)11-12-9(7)14(17)18/h1-4H,(H,11,12). The molecule has 0 bridgehead atoms. The number of nitro groups is 2. The molecule has 0 atom stereocenters. The highest BCUT2D eigenvalue weighted by Gasteiger charge is 2.32. The van der Waals surface area contributed by atoms with Crippen LogP contribution >= 0.6 is 23.4 Å². The number of aromatic nitrogens is 2. The number of halogens is 1. The fraction of sp³-hybridized carbons (Fsp3) is 0. The zero-order valence-electron chi connectivity index (χ0n) is 9.07. The van der Waals surface area contributed by atoms with Crippen molar-refractivity contribution >= 4 is 35.0 Å². The van der Waals surface area contributed by atoms with Crippen molar-refractivity contribution in [2.45, 2.75) is 9.79 Å². The van der Waals surface area contributed by atoms with Crippen molar-refractivity contribution < 1.29 is 9.85 Å². The van der Waals surface area contributed by atoms with Gasteiger partial charge in [-0.05, 0) is 39.2 Å². The Bertz CT molecular complexity index is 611. The molecule has 2 aromatic rings. The van der Waals surface area contributed by atoms with Gasteiger partial charge in [0.15, 0.2) is 0 Å². The van der Waals surface area contributed by atoms with Crippen LogP contribution in [0.15, 0.2) is 34.1 Å². The molecule has 0 saturated heterocycles. The summed E-state index contributed by atoms with van der Waals surface area (Å²) >= 11 is 6.59. The van der Waals surface area contributed by atoms with Crippen LogP contribution < -0.4 is 0 Å². The minimum absolute atomic E-state index is 0.141. The average Bonchev–Trinajstić information content (AvgIpc) is 2.76. The van der Waals surface area contributed by atoms with E-state index in [-0.39, 0.29) is 4.90 Å². The molecule has 1 heterocycles. The number of hydrogen-bond acceptors (Lipinski definition) is 6. The summed E-state index contributed by atoms with van der Waals surface area (Å²) in [5.74, 6) is -1.08. The van der Waals surface area contributed by atoms with Gasteiger partial charge in [0.25, 0.3) is 0 Å². The van der Waals surface area contributed by atoms with E-state index in [1.807, 2.05) is 5.10 Å². The minimum Gasteiger partial charge on any atom is -0.358 e. The molecule has 0 radical (unpaired) electrons. The van der Waals surface area contributed by atoms with E-state index in [1.54, 1.807) is 24.3 Å². The van der Waals surface area contributed by atoms with E-state index in [2.05, 4.69) is 5.10 Å². The van der Waals surface area contributed by atoms with Gasteiger partial charge in [-0.3, -0.25) is 0 Å². The lowest BCUT2D eigenvalue weighted by Crippen LogP contribution is -1.92. The molecular formula is C9H5ClN4O4S. The van der Waals surface area contributed by atoms with Crippen LogP contribution in [-0.4, -0.2) is 20.0 Å². The van der Waals surface area contributed by atoms with E-state index in [1.165, 1.54) is 0 Å². The fourth-order valence-corrected chi connectivity index (χ4v) is 2.34. The molecule has 0 aliphatic carbocycles. The molecule has 0 aliphatic rings. The zero-order chi connectivity index (χ0) is 14.0. The van der Waals surface area contributed by atoms with Crippen LogP contribution in [0, 0.1) is 20.2 Å². The number of H-pyrrole nitrogens is 1. The first-order valence-corrected chi connectivity index (χ1v) is 5.99. The summed E-state index contributed by atoms with van der Waals surface area (Å²) in [7, 11) is 0. The molecule has 0 unspecified atom stereocenters. The smallest absolute Gasteiger partial charge is 0.358 e. The third-order valence-corrected chi connectivity index (χ3v) is 3.41. The number of aromatic amines is 1. The average molecular weight is 301 g/mol. The molecule has 1 aromatic carbocycles. The zero-order valence-corrected chi connectivity index (χ0v) is 10.6. The molecule has 0 spiro atoms. The second kappa shape index (κ2) is 5.24. The number of benzene rings is 1. The Morgan fingerprint density at radius 2 is 1.79 bits per heavy atom. The Hall–Kier alpha value is -2.13. The summed E-state index contributed by atoms with van der Waals surface area (Å²) < 4.78 is 0. The van der Waals surface area contributed by atoms with E-state index < -0.39 is 21.5 Å². The maximum absolute atomic E-state index is 10.8. The number of hydrogen-bond donors (Lipinski definition) is 1. The van der Waals surface area contributed by atoms with Crippen LogP contribution in [0.1, 0.15) is 0 Å². The van der Waals surface area contributed by atoms with Crippen LogP contribution in [-0.2, 0) is 0 Å². The predicted octanol–water partition coefficient (Wildman–Crippen LogP) is 3.03. The monoisotopic (exact) mass is 300 g/mol. The molecule has 1 aromatic heterocycles. The normalized spacial score (nSPS) is 10.4. The second-order valence-electron chi connectivity index (χ2n) is 3.30. The molecule has 0 amide bonds. The molecular weight excluding hydrogens is 296 g/mol. The van der Waals surface area contributed by atoms with Crippen molar-refractivity contribution in [1.82, 2.24) is 10.2 Å². The van der Waals surface area contributed by atoms with Crippen LogP contribution in [0.2, 0.25) is 5.02 Å². The lowest BCUT2D eigenvalue weighted by Gasteiger charge is -1.99. The SMILES string of the molecule is O=[N+]([O-])c1n[nH]c([N+](=O)[O-])c1Sc1ccc(Cl)cc1. The summed E-state index contributed by atoms with van der Waals surface area (Å²) in [5, 5.41) is 27.4. The van der Waals surface area contributed by atoms with Crippen LogP contribution in [0.25, 0.3) is 0 Å². The number of nitrogens with zero attached hydrogens (tertiary/aromatic N) is 3. The van der Waals surface area contributed by atoms with Gasteiger partial charge in [0.05, 0.1) is 0 Å². The topological polar surface area (TPSA) is 115 Å². The minimum atomic E-state index is -0.776. The Morgan fingerprint density at radius 3 is 2.32 bits per heavy atom. The van der Waals surface area contributed by atoms with E-state index in [0.29, 0.717) is 9.92 Å². The van der Waals surface area contributed by atoms with Crippen LogP contribution in [0.3, 0.4) is 0 Å². The molecule has 2 rings (SSSR count). The Balaban J connectivity index is 2.42. The van der Waals surface area contributed by atoms with E-state index >= 15 is 0 Å². The summed E-state index contributed by atoms with van der Waals surface area (Å²) in [6.45, 7) is 0. The van der Waals surface area contributed by atoms with Crippen molar-refractivity contribution in [2.24, 2.45) is 0 Å². The lowest BCUT2D eigenvalue weighted by molar-refractivity contribution is -0.399. The van der Waals surface area contributed by atoms with Gasteiger partial charge in [0.2, 0.25) is 4.90 Å². The highest BCUT2D eigenvalue weighted by Crippen LogP contribution is 2.39. The molecule has 0 saturated carbocycles. The quantitative estimate of drug-likeness (QED) is 0.685.